The number of hydrogen-bond acceptors (Lipinski definition) is 9. The van der Waals surface area contributed by atoms with Gasteiger partial charge in [-0.15, -0.1) is 0 Å². The Morgan fingerprint density at radius 1 is 0.686 bits per heavy atom. The quantitative estimate of drug-likeness (QED) is 0.0362. The predicted molar refractivity (Wildman–Crippen MR) is 206 cm³/mol. The molecule has 51 heavy (non-hydrogen) atoms. The number of nitrogens with zero attached hydrogens (tertiary/aromatic N) is 2. The van der Waals surface area contributed by atoms with Crippen LogP contribution < -0.4 is 10.6 Å². The summed E-state index contributed by atoms with van der Waals surface area (Å²) in [6.07, 6.45) is 15.0. The minimum absolute atomic E-state index is 0.00861. The molecule has 0 aromatic heterocycles. The first-order valence-corrected chi connectivity index (χ1v) is 19.6. The molecule has 7 N–H and O–H groups in total. The molecule has 8 atom stereocenters. The van der Waals surface area contributed by atoms with Crippen molar-refractivity contribution in [2.75, 3.05) is 39.3 Å². The summed E-state index contributed by atoms with van der Waals surface area (Å²) in [7, 11) is 0. The Balaban J connectivity index is 2.55. The van der Waals surface area contributed by atoms with Crippen LogP contribution in [0.3, 0.4) is 0 Å². The summed E-state index contributed by atoms with van der Waals surface area (Å²) in [5.74, 6) is 0.721. The van der Waals surface area contributed by atoms with Gasteiger partial charge in [-0.3, -0.25) is 19.4 Å². The second kappa shape index (κ2) is 26.6. The minimum atomic E-state index is -1.51. The Morgan fingerprint density at radius 3 is 1.73 bits per heavy atom. The van der Waals surface area contributed by atoms with Crippen LogP contribution in [0.4, 0.5) is 0 Å². The summed E-state index contributed by atoms with van der Waals surface area (Å²) in [5.41, 5.74) is 0. The van der Waals surface area contributed by atoms with E-state index in [1.54, 1.807) is 0 Å². The predicted octanol–water partition coefficient (Wildman–Crippen LogP) is 3.75. The molecule has 1 fully saturated rings. The van der Waals surface area contributed by atoms with Crippen molar-refractivity contribution < 1.29 is 35.1 Å². The highest BCUT2D eigenvalue weighted by molar-refractivity contribution is 5.96. The van der Waals surface area contributed by atoms with Gasteiger partial charge in [0.2, 0.25) is 11.8 Å². The number of amides is 2. The number of allylic oxidation sites excluding steroid dienone is 4. The van der Waals surface area contributed by atoms with E-state index in [2.05, 4.69) is 68.4 Å². The highest BCUT2D eigenvalue weighted by atomic mass is 16.5. The van der Waals surface area contributed by atoms with Crippen molar-refractivity contribution in [1.29, 1.82) is 0 Å². The van der Waals surface area contributed by atoms with Crippen LogP contribution in [0.1, 0.15) is 106 Å². The molecule has 8 unspecified atom stereocenters. The third-order valence-electron chi connectivity index (χ3n) is 9.59. The minimum Gasteiger partial charge on any atom is -0.392 e. The van der Waals surface area contributed by atoms with Crippen LogP contribution in [0.5, 0.6) is 0 Å². The molecule has 11 nitrogen and oxygen atoms in total. The van der Waals surface area contributed by atoms with Gasteiger partial charge in [0.25, 0.3) is 0 Å². The van der Waals surface area contributed by atoms with Crippen LogP contribution in [0.25, 0.3) is 0 Å². The molecule has 0 aromatic rings. The number of rotatable bonds is 28. The Morgan fingerprint density at radius 2 is 1.22 bits per heavy atom. The first-order valence-electron chi connectivity index (χ1n) is 19.6. The summed E-state index contributed by atoms with van der Waals surface area (Å²) in [4.78, 5) is 29.7. The molecule has 1 aliphatic heterocycles. The SMILES string of the molecule is C/C=C\C(C)C(O)CN(CCCCC1NC(=O)C(CCCCN(CC(O)O)CC(O)CC(C)/C=C\C(C)CC)NC1=O)CC(O)C/C=C\C(C)C. The molecule has 1 aliphatic rings. The van der Waals surface area contributed by atoms with E-state index in [4.69, 9.17) is 0 Å². The monoisotopic (exact) mass is 723 g/mol. The van der Waals surface area contributed by atoms with Crippen LogP contribution in [-0.2, 0) is 9.59 Å². The van der Waals surface area contributed by atoms with Gasteiger partial charge in [0, 0.05) is 32.1 Å². The number of aliphatic hydroxyl groups excluding tert-OH is 4. The van der Waals surface area contributed by atoms with E-state index in [1.165, 1.54) is 0 Å². The van der Waals surface area contributed by atoms with Crippen molar-refractivity contribution in [3.05, 3.63) is 36.5 Å². The van der Waals surface area contributed by atoms with Gasteiger partial charge >= 0.3 is 0 Å². The highest BCUT2D eigenvalue weighted by Gasteiger charge is 2.33. The zero-order valence-electron chi connectivity index (χ0n) is 32.8. The zero-order chi connectivity index (χ0) is 38.3. The van der Waals surface area contributed by atoms with Crippen LogP contribution in [0.15, 0.2) is 36.5 Å². The molecule has 1 rings (SSSR count). The van der Waals surface area contributed by atoms with Gasteiger partial charge in [0.05, 0.1) is 18.3 Å². The second-order valence-electron chi connectivity index (χ2n) is 15.3. The Bertz CT molecular complexity index is 1040. The topological polar surface area (TPSA) is 166 Å². The summed E-state index contributed by atoms with van der Waals surface area (Å²) >= 11 is 0. The highest BCUT2D eigenvalue weighted by Crippen LogP contribution is 2.15. The van der Waals surface area contributed by atoms with Crippen molar-refractivity contribution in [3.8, 4) is 0 Å². The van der Waals surface area contributed by atoms with Crippen molar-refractivity contribution in [1.82, 2.24) is 20.4 Å². The van der Waals surface area contributed by atoms with E-state index in [0.717, 1.165) is 12.8 Å². The van der Waals surface area contributed by atoms with Crippen molar-refractivity contribution >= 4 is 11.8 Å². The van der Waals surface area contributed by atoms with Crippen LogP contribution in [0, 0.1) is 23.7 Å². The lowest BCUT2D eigenvalue weighted by atomic mass is 9.99. The van der Waals surface area contributed by atoms with E-state index < -0.39 is 36.7 Å². The summed E-state index contributed by atoms with van der Waals surface area (Å²) < 4.78 is 0. The molecule has 0 saturated carbocycles. The van der Waals surface area contributed by atoms with E-state index >= 15 is 0 Å². The van der Waals surface area contributed by atoms with Gasteiger partial charge in [0.1, 0.15) is 12.1 Å². The molecule has 0 aromatic carbocycles. The lowest BCUT2D eigenvalue weighted by Crippen LogP contribution is -2.61. The number of carbonyl (C=O) groups is 2. The van der Waals surface area contributed by atoms with Gasteiger partial charge in [-0.2, -0.15) is 0 Å². The summed E-state index contributed by atoms with van der Waals surface area (Å²) in [5, 5.41) is 57.0. The Hall–Kier alpha value is -2.12. The molecule has 296 valence electrons. The van der Waals surface area contributed by atoms with Crippen molar-refractivity contribution in [3.63, 3.8) is 0 Å². The van der Waals surface area contributed by atoms with E-state index in [9.17, 15) is 35.1 Å². The first-order chi connectivity index (χ1) is 24.1. The number of piperazine rings is 1. The molecule has 0 radical (unpaired) electrons. The third-order valence-corrected chi connectivity index (χ3v) is 9.59. The maximum absolute atomic E-state index is 12.9. The molecule has 1 heterocycles. The second-order valence-corrected chi connectivity index (χ2v) is 15.3. The third kappa shape index (κ3) is 21.9. The number of unbranched alkanes of at least 4 members (excludes halogenated alkanes) is 2. The normalized spacial score (nSPS) is 20.9. The lowest BCUT2D eigenvalue weighted by molar-refractivity contribution is -0.137. The fraction of sp³-hybridized carbons (Fsp3) is 0.800. The average molecular weight is 723 g/mol. The standard InChI is InChI=1S/C40H74N4O7/c1-8-15-32(7)37(47)27-43(25-33(45)17-14-16-29(3)4)22-12-10-18-35-39(50)42-36(40(51)41-35)19-11-13-23-44(28-38(48)49)26-34(46)24-31(6)21-20-30(5)9-2/h8,14-16,20-21,29-38,45-49H,9-13,17-19,22-28H2,1-7H3,(H,41,51)(H,42,50)/b15-8-,16-14-,21-20-. The number of nitrogens with one attached hydrogen (secondary N) is 2. The zero-order valence-corrected chi connectivity index (χ0v) is 32.8. The van der Waals surface area contributed by atoms with E-state index in [1.807, 2.05) is 37.0 Å². The molecule has 1 saturated heterocycles. The molecular formula is C40H74N4O7. The van der Waals surface area contributed by atoms with Gasteiger partial charge < -0.3 is 36.2 Å². The van der Waals surface area contributed by atoms with E-state index in [-0.39, 0.29) is 30.2 Å². The maximum Gasteiger partial charge on any atom is 0.243 e. The van der Waals surface area contributed by atoms with Crippen molar-refractivity contribution in [2.45, 2.75) is 143 Å². The van der Waals surface area contributed by atoms with Crippen LogP contribution in [-0.4, -0.2) is 123 Å². The Labute approximate surface area is 309 Å². The lowest BCUT2D eigenvalue weighted by Gasteiger charge is -2.31. The van der Waals surface area contributed by atoms with Gasteiger partial charge in [-0.25, -0.2) is 0 Å². The summed E-state index contributed by atoms with van der Waals surface area (Å²) in [6, 6.07) is -1.21. The molecule has 0 bridgehead atoms. The number of carbonyl (C=O) groups excluding carboxylic acids is 2. The first kappa shape index (κ1) is 46.9. The van der Waals surface area contributed by atoms with Crippen LogP contribution in [0.2, 0.25) is 0 Å². The number of aliphatic hydroxyl groups is 5. The molecule has 11 heteroatoms. The Kier molecular flexibility index (Phi) is 24.5. The average Bonchev–Trinajstić information content (AvgIpc) is 3.04. The number of hydrogen-bond donors (Lipinski definition) is 7. The maximum atomic E-state index is 12.9. The molecule has 0 spiro atoms. The fourth-order valence-electron chi connectivity index (χ4n) is 6.33. The smallest absolute Gasteiger partial charge is 0.243 e. The van der Waals surface area contributed by atoms with Gasteiger partial charge in [-0.1, -0.05) is 84.4 Å². The van der Waals surface area contributed by atoms with Crippen LogP contribution >= 0.6 is 0 Å². The van der Waals surface area contributed by atoms with Gasteiger partial charge in [-0.05, 0) is 89.1 Å². The molecule has 0 aliphatic carbocycles. The van der Waals surface area contributed by atoms with Gasteiger partial charge in [0.15, 0.2) is 6.29 Å². The van der Waals surface area contributed by atoms with E-state index in [0.29, 0.717) is 89.5 Å². The van der Waals surface area contributed by atoms with Crippen molar-refractivity contribution in [2.24, 2.45) is 23.7 Å². The molecule has 2 amide bonds. The summed E-state index contributed by atoms with van der Waals surface area (Å²) in [6.45, 7) is 16.9. The largest absolute Gasteiger partial charge is 0.392 e. The fourth-order valence-corrected chi connectivity index (χ4v) is 6.33. The molecular weight excluding hydrogens is 648 g/mol.